The van der Waals surface area contributed by atoms with E-state index in [1.807, 2.05) is 6.07 Å². The molecule has 0 aliphatic carbocycles. The molecule has 0 atom stereocenters. The van der Waals surface area contributed by atoms with Crippen LogP contribution in [0.5, 0.6) is 0 Å². The van der Waals surface area contributed by atoms with Crippen LogP contribution in [0.1, 0.15) is 18.1 Å². The quantitative estimate of drug-likeness (QED) is 0.372. The Morgan fingerprint density at radius 1 is 0.943 bits per heavy atom. The molecule has 0 aliphatic heterocycles. The molecule has 35 heavy (non-hydrogen) atoms. The van der Waals surface area contributed by atoms with Gasteiger partial charge in [0.05, 0.1) is 24.6 Å². The normalized spacial score (nSPS) is 11.3. The van der Waals surface area contributed by atoms with E-state index in [4.69, 9.17) is 27.9 Å². The molecule has 3 aromatic carbocycles. The summed E-state index contributed by atoms with van der Waals surface area (Å²) >= 11 is 12.2. The fraction of sp³-hybridized carbons (Fsp3) is 0.200. The van der Waals surface area contributed by atoms with E-state index in [2.05, 4.69) is 5.32 Å². The second-order valence-electron chi connectivity index (χ2n) is 7.56. The molecule has 0 aromatic heterocycles. The highest BCUT2D eigenvalue weighted by molar-refractivity contribution is 7.89. The summed E-state index contributed by atoms with van der Waals surface area (Å²) in [5.41, 5.74) is 1.89. The Balaban J connectivity index is 1.79. The molecule has 0 saturated heterocycles. The maximum atomic E-state index is 13.5. The van der Waals surface area contributed by atoms with Gasteiger partial charge in [0.1, 0.15) is 4.90 Å². The molecule has 0 fully saturated rings. The number of halogens is 2. The molecule has 3 rings (SSSR count). The first-order valence-corrected chi connectivity index (χ1v) is 12.9. The lowest BCUT2D eigenvalue weighted by atomic mass is 10.1. The van der Waals surface area contributed by atoms with Crippen LogP contribution in [0.15, 0.2) is 77.7 Å². The number of nitrogens with one attached hydrogen (secondary N) is 1. The summed E-state index contributed by atoms with van der Waals surface area (Å²) in [5.74, 6) is -0.883. The zero-order chi connectivity index (χ0) is 25.4. The monoisotopic (exact) mass is 534 g/mol. The third kappa shape index (κ3) is 7.53. The summed E-state index contributed by atoms with van der Waals surface area (Å²) < 4.78 is 32.9. The predicted molar refractivity (Wildman–Crippen MR) is 136 cm³/mol. The van der Waals surface area contributed by atoms with Crippen LogP contribution < -0.4 is 5.32 Å². The molecule has 0 saturated carbocycles. The van der Waals surface area contributed by atoms with Gasteiger partial charge in [0.15, 0.2) is 0 Å². The van der Waals surface area contributed by atoms with E-state index in [0.29, 0.717) is 17.9 Å². The number of amides is 1. The smallest absolute Gasteiger partial charge is 0.310 e. The van der Waals surface area contributed by atoms with E-state index < -0.39 is 22.5 Å². The van der Waals surface area contributed by atoms with Gasteiger partial charge in [0.25, 0.3) is 0 Å². The zero-order valence-corrected chi connectivity index (χ0v) is 21.2. The summed E-state index contributed by atoms with van der Waals surface area (Å²) in [6.45, 7) is 1.54. The Kier molecular flexibility index (Phi) is 9.28. The summed E-state index contributed by atoms with van der Waals surface area (Å²) in [5, 5.41) is 2.91. The number of anilines is 1. The largest absolute Gasteiger partial charge is 0.466 e. The molecule has 0 bridgehead atoms. The van der Waals surface area contributed by atoms with Crippen LogP contribution >= 0.6 is 23.2 Å². The lowest BCUT2D eigenvalue weighted by Gasteiger charge is -2.22. The molecule has 7 nitrogen and oxygen atoms in total. The summed E-state index contributed by atoms with van der Waals surface area (Å²) in [6.07, 6.45) is 0.117. The number of carbonyl (C=O) groups is 2. The topological polar surface area (TPSA) is 92.8 Å². The summed E-state index contributed by atoms with van der Waals surface area (Å²) in [6, 6.07) is 19.7. The Hall–Kier alpha value is -2.91. The molecule has 0 unspecified atom stereocenters. The Bertz CT molecular complexity index is 1280. The van der Waals surface area contributed by atoms with Crippen molar-refractivity contribution in [3.63, 3.8) is 0 Å². The summed E-state index contributed by atoms with van der Waals surface area (Å²) in [4.78, 5) is 24.3. The molecule has 1 amide bonds. The molecular formula is C25H24Cl2N2O5S. The average Bonchev–Trinajstić information content (AvgIpc) is 2.82. The van der Waals surface area contributed by atoms with E-state index >= 15 is 0 Å². The Morgan fingerprint density at radius 2 is 1.63 bits per heavy atom. The highest BCUT2D eigenvalue weighted by Crippen LogP contribution is 2.28. The van der Waals surface area contributed by atoms with E-state index in [1.165, 1.54) is 18.2 Å². The van der Waals surface area contributed by atoms with Gasteiger partial charge in [-0.25, -0.2) is 8.42 Å². The third-order valence-electron chi connectivity index (χ3n) is 4.92. The second-order valence-corrected chi connectivity index (χ2v) is 10.3. The van der Waals surface area contributed by atoms with Gasteiger partial charge < -0.3 is 10.1 Å². The highest BCUT2D eigenvalue weighted by Gasteiger charge is 2.29. The van der Waals surface area contributed by atoms with Crippen molar-refractivity contribution in [2.75, 3.05) is 18.5 Å². The maximum Gasteiger partial charge on any atom is 0.310 e. The van der Waals surface area contributed by atoms with E-state index in [1.54, 1.807) is 55.5 Å². The van der Waals surface area contributed by atoms with Crippen molar-refractivity contribution in [3.05, 3.63) is 94.0 Å². The number of hydrogen-bond acceptors (Lipinski definition) is 5. The van der Waals surface area contributed by atoms with Crippen LogP contribution in [0.3, 0.4) is 0 Å². The highest BCUT2D eigenvalue weighted by atomic mass is 35.5. The molecule has 0 heterocycles. The number of nitrogens with zero attached hydrogens (tertiary/aromatic N) is 1. The molecule has 0 aliphatic rings. The van der Waals surface area contributed by atoms with Crippen LogP contribution in [-0.4, -0.2) is 37.8 Å². The molecule has 0 radical (unpaired) electrons. The molecule has 184 valence electrons. The average molecular weight is 535 g/mol. The molecule has 1 N–H and O–H groups in total. The lowest BCUT2D eigenvalue weighted by molar-refractivity contribution is -0.142. The van der Waals surface area contributed by atoms with Gasteiger partial charge in [-0.1, -0.05) is 65.7 Å². The van der Waals surface area contributed by atoms with Crippen LogP contribution in [-0.2, 0) is 37.3 Å². The van der Waals surface area contributed by atoms with Crippen LogP contribution in [0.4, 0.5) is 5.69 Å². The van der Waals surface area contributed by atoms with E-state index in [9.17, 15) is 18.0 Å². The standard InChI is InChI=1S/C25H24Cl2N2O5S/c1-2-34-25(31)14-18-8-11-21(12-9-18)28-24(30)17-29(16-19-6-4-3-5-7-19)35(32,33)23-15-20(26)10-13-22(23)27/h3-13,15H,2,14,16-17H2,1H3,(H,28,30). The molecular weight excluding hydrogens is 511 g/mol. The minimum Gasteiger partial charge on any atom is -0.466 e. The van der Waals surface area contributed by atoms with Crippen LogP contribution in [0.2, 0.25) is 10.0 Å². The molecule has 0 spiro atoms. The Labute approximate surface area is 214 Å². The number of benzene rings is 3. The van der Waals surface area contributed by atoms with Gasteiger partial charge in [-0.3, -0.25) is 9.59 Å². The van der Waals surface area contributed by atoms with Crippen molar-refractivity contribution in [2.45, 2.75) is 24.8 Å². The SMILES string of the molecule is CCOC(=O)Cc1ccc(NC(=O)CN(Cc2ccccc2)S(=O)(=O)c2cc(Cl)ccc2Cl)cc1. The van der Waals surface area contributed by atoms with E-state index in [-0.39, 0.29) is 33.9 Å². The van der Waals surface area contributed by atoms with Crippen molar-refractivity contribution in [1.29, 1.82) is 0 Å². The van der Waals surface area contributed by atoms with Gasteiger partial charge in [-0.15, -0.1) is 0 Å². The van der Waals surface area contributed by atoms with Crippen molar-refractivity contribution in [2.24, 2.45) is 0 Å². The first-order valence-electron chi connectivity index (χ1n) is 10.7. The number of esters is 1. The van der Waals surface area contributed by atoms with Gasteiger partial charge in [-0.2, -0.15) is 4.31 Å². The van der Waals surface area contributed by atoms with Crippen LogP contribution in [0.25, 0.3) is 0 Å². The first-order chi connectivity index (χ1) is 16.7. The Morgan fingerprint density at radius 3 is 2.29 bits per heavy atom. The number of carbonyl (C=O) groups excluding carboxylic acids is 2. The van der Waals surface area contributed by atoms with Crippen molar-refractivity contribution in [3.8, 4) is 0 Å². The fourth-order valence-electron chi connectivity index (χ4n) is 3.27. The van der Waals surface area contributed by atoms with Crippen molar-refractivity contribution in [1.82, 2.24) is 4.31 Å². The second kappa shape index (κ2) is 12.2. The minimum absolute atomic E-state index is 0.00468. The van der Waals surface area contributed by atoms with E-state index in [0.717, 1.165) is 9.87 Å². The predicted octanol–water partition coefficient (Wildman–Crippen LogP) is 4.93. The zero-order valence-electron chi connectivity index (χ0n) is 18.9. The third-order valence-corrected chi connectivity index (χ3v) is 7.43. The molecule has 3 aromatic rings. The van der Waals surface area contributed by atoms with Gasteiger partial charge >= 0.3 is 5.97 Å². The number of rotatable bonds is 10. The fourth-order valence-corrected chi connectivity index (χ4v) is 5.39. The lowest BCUT2D eigenvalue weighted by Crippen LogP contribution is -2.37. The molecule has 10 heteroatoms. The first kappa shape index (κ1) is 26.7. The van der Waals surface area contributed by atoms with Gasteiger partial charge in [-0.05, 0) is 48.4 Å². The number of ether oxygens (including phenoxy) is 1. The van der Waals surface area contributed by atoms with Crippen molar-refractivity contribution >= 4 is 50.8 Å². The van der Waals surface area contributed by atoms with Gasteiger partial charge in [0, 0.05) is 17.3 Å². The van der Waals surface area contributed by atoms with Gasteiger partial charge in [0.2, 0.25) is 15.9 Å². The minimum atomic E-state index is -4.16. The summed E-state index contributed by atoms with van der Waals surface area (Å²) in [7, 11) is -4.16. The maximum absolute atomic E-state index is 13.5. The number of hydrogen-bond donors (Lipinski definition) is 1. The van der Waals surface area contributed by atoms with Crippen LogP contribution in [0, 0.1) is 0 Å². The van der Waals surface area contributed by atoms with Crippen molar-refractivity contribution < 1.29 is 22.7 Å². The number of sulfonamides is 1.